The van der Waals surface area contributed by atoms with Gasteiger partial charge in [0.05, 0.1) is 12.8 Å². The van der Waals surface area contributed by atoms with Gasteiger partial charge in [-0.15, -0.1) is 11.8 Å². The van der Waals surface area contributed by atoms with E-state index in [0.29, 0.717) is 23.1 Å². The van der Waals surface area contributed by atoms with Crippen LogP contribution in [-0.2, 0) is 0 Å². The minimum atomic E-state index is 0.140. The molecule has 1 aromatic heterocycles. The number of benzene rings is 2. The molecule has 1 heterocycles. The van der Waals surface area contributed by atoms with E-state index in [2.05, 4.69) is 15.3 Å². The fourth-order valence-corrected chi connectivity index (χ4v) is 3.22. The van der Waals surface area contributed by atoms with Crippen molar-refractivity contribution in [2.24, 2.45) is 0 Å². The molecule has 3 aromatic rings. The van der Waals surface area contributed by atoms with Crippen molar-refractivity contribution >= 4 is 52.2 Å². The average molecular weight is 407 g/mol. The molecule has 0 aliphatic heterocycles. The molecule has 0 spiro atoms. The summed E-state index contributed by atoms with van der Waals surface area (Å²) in [5.74, 6) is 2.05. The van der Waals surface area contributed by atoms with Crippen LogP contribution < -0.4 is 15.8 Å². The predicted octanol–water partition coefficient (Wildman–Crippen LogP) is 5.28. The lowest BCUT2D eigenvalue weighted by molar-refractivity contribution is 0.344. The molecule has 3 rings (SSSR count). The quantitative estimate of drug-likeness (QED) is 0.240. The number of halogens is 2. The summed E-state index contributed by atoms with van der Waals surface area (Å²) in [6.45, 7) is 0.582. The van der Waals surface area contributed by atoms with Gasteiger partial charge >= 0.3 is 0 Å². The van der Waals surface area contributed by atoms with E-state index in [-0.39, 0.29) is 5.28 Å². The molecule has 0 amide bonds. The molecule has 0 unspecified atom stereocenters. The number of aromatic nitrogens is 2. The van der Waals surface area contributed by atoms with Gasteiger partial charge in [-0.05, 0) is 41.9 Å². The van der Waals surface area contributed by atoms with Gasteiger partial charge in [0.25, 0.3) is 0 Å². The van der Waals surface area contributed by atoms with Gasteiger partial charge < -0.3 is 15.8 Å². The molecule has 0 aliphatic carbocycles. The number of nitrogens with zero attached hydrogens (tertiary/aromatic N) is 2. The van der Waals surface area contributed by atoms with Crippen LogP contribution in [0, 0.1) is 0 Å². The van der Waals surface area contributed by atoms with Crippen LogP contribution in [0.5, 0.6) is 5.75 Å². The standard InChI is InChI=1S/C18H16Cl2N4OS/c19-16-11-22-18(20)24-17(16)23-13-4-2-6-15(10-13)26-8-7-25-14-5-1-3-12(21)9-14/h1-6,9-11H,7-8,21H2,(H,22,23,24). The van der Waals surface area contributed by atoms with Crippen LogP contribution in [0.4, 0.5) is 17.2 Å². The zero-order valence-electron chi connectivity index (χ0n) is 13.7. The second-order valence-corrected chi connectivity index (χ2v) is 7.17. The SMILES string of the molecule is Nc1cccc(OCCSc2cccc(Nc3nc(Cl)ncc3Cl)c2)c1. The van der Waals surface area contributed by atoms with Crippen LogP contribution in [0.3, 0.4) is 0 Å². The summed E-state index contributed by atoms with van der Waals surface area (Å²) >= 11 is 13.6. The number of rotatable bonds is 7. The fraction of sp³-hybridized carbons (Fsp3) is 0.111. The van der Waals surface area contributed by atoms with E-state index < -0.39 is 0 Å². The lowest BCUT2D eigenvalue weighted by Gasteiger charge is -2.10. The first-order valence-electron chi connectivity index (χ1n) is 7.76. The lowest BCUT2D eigenvalue weighted by Crippen LogP contribution is -2.00. The molecule has 26 heavy (non-hydrogen) atoms. The smallest absolute Gasteiger partial charge is 0.224 e. The monoisotopic (exact) mass is 406 g/mol. The highest BCUT2D eigenvalue weighted by molar-refractivity contribution is 7.99. The number of thioether (sulfide) groups is 1. The molecule has 0 saturated carbocycles. The summed E-state index contributed by atoms with van der Waals surface area (Å²) in [5.41, 5.74) is 7.29. The van der Waals surface area contributed by atoms with Crippen LogP contribution in [0.1, 0.15) is 0 Å². The van der Waals surface area contributed by atoms with Gasteiger partial charge in [0.15, 0.2) is 5.82 Å². The third-order valence-electron chi connectivity index (χ3n) is 3.29. The van der Waals surface area contributed by atoms with Gasteiger partial charge in [-0.3, -0.25) is 0 Å². The van der Waals surface area contributed by atoms with Gasteiger partial charge in [-0.2, -0.15) is 4.98 Å². The lowest BCUT2D eigenvalue weighted by atomic mass is 10.3. The number of hydrogen-bond acceptors (Lipinski definition) is 6. The van der Waals surface area contributed by atoms with Gasteiger partial charge in [0, 0.05) is 28.1 Å². The Balaban J connectivity index is 1.55. The minimum absolute atomic E-state index is 0.140. The van der Waals surface area contributed by atoms with Crippen LogP contribution in [0.15, 0.2) is 59.6 Å². The third-order valence-corrected chi connectivity index (χ3v) is 4.71. The molecule has 0 bridgehead atoms. The Hall–Kier alpha value is -2.15. The third kappa shape index (κ3) is 5.42. The molecule has 0 saturated heterocycles. The summed E-state index contributed by atoms with van der Waals surface area (Å²) in [4.78, 5) is 9.02. The molecule has 2 aromatic carbocycles. The highest BCUT2D eigenvalue weighted by Crippen LogP contribution is 2.27. The van der Waals surface area contributed by atoms with Crippen molar-refractivity contribution in [2.45, 2.75) is 4.90 Å². The van der Waals surface area contributed by atoms with E-state index >= 15 is 0 Å². The maximum Gasteiger partial charge on any atom is 0.224 e. The first kappa shape index (κ1) is 18.6. The van der Waals surface area contributed by atoms with E-state index in [1.165, 1.54) is 6.20 Å². The molecule has 8 heteroatoms. The summed E-state index contributed by atoms with van der Waals surface area (Å²) in [5, 5.41) is 3.70. The van der Waals surface area contributed by atoms with E-state index in [1.54, 1.807) is 11.8 Å². The van der Waals surface area contributed by atoms with E-state index in [4.69, 9.17) is 33.7 Å². The van der Waals surface area contributed by atoms with Crippen molar-refractivity contribution in [1.29, 1.82) is 0 Å². The van der Waals surface area contributed by atoms with Crippen molar-refractivity contribution in [3.05, 3.63) is 65.0 Å². The normalized spacial score (nSPS) is 10.5. The number of ether oxygens (including phenoxy) is 1. The Morgan fingerprint density at radius 1 is 1.12 bits per heavy atom. The van der Waals surface area contributed by atoms with Crippen LogP contribution in [-0.4, -0.2) is 22.3 Å². The molecule has 134 valence electrons. The highest BCUT2D eigenvalue weighted by atomic mass is 35.5. The summed E-state index contributed by atoms with van der Waals surface area (Å²) in [7, 11) is 0. The average Bonchev–Trinajstić information content (AvgIpc) is 2.62. The zero-order valence-corrected chi connectivity index (χ0v) is 16.0. The predicted molar refractivity (Wildman–Crippen MR) is 109 cm³/mol. The Bertz CT molecular complexity index is 895. The topological polar surface area (TPSA) is 73.1 Å². The molecular weight excluding hydrogens is 391 g/mol. The largest absolute Gasteiger partial charge is 0.493 e. The summed E-state index contributed by atoms with van der Waals surface area (Å²) in [6.07, 6.45) is 1.46. The summed E-state index contributed by atoms with van der Waals surface area (Å²) in [6, 6.07) is 15.3. The molecule has 0 atom stereocenters. The first-order chi connectivity index (χ1) is 12.6. The fourth-order valence-electron chi connectivity index (χ4n) is 2.16. The van der Waals surface area contributed by atoms with Gasteiger partial charge in [0.1, 0.15) is 10.8 Å². The van der Waals surface area contributed by atoms with Crippen molar-refractivity contribution in [3.63, 3.8) is 0 Å². The van der Waals surface area contributed by atoms with Crippen molar-refractivity contribution < 1.29 is 4.74 Å². The van der Waals surface area contributed by atoms with Gasteiger partial charge in [-0.25, -0.2) is 4.98 Å². The second-order valence-electron chi connectivity index (χ2n) is 5.26. The minimum Gasteiger partial charge on any atom is -0.493 e. The highest BCUT2D eigenvalue weighted by Gasteiger charge is 2.05. The second kappa shape index (κ2) is 8.98. The number of nitrogens with one attached hydrogen (secondary N) is 1. The van der Waals surface area contributed by atoms with Crippen LogP contribution in [0.25, 0.3) is 0 Å². The van der Waals surface area contributed by atoms with E-state index in [1.807, 2.05) is 48.5 Å². The van der Waals surface area contributed by atoms with E-state index in [0.717, 1.165) is 22.1 Å². The Labute approximate surface area is 165 Å². The maximum absolute atomic E-state index is 6.08. The van der Waals surface area contributed by atoms with E-state index in [9.17, 15) is 0 Å². The number of hydrogen-bond donors (Lipinski definition) is 2. The molecule has 0 aliphatic rings. The molecule has 5 nitrogen and oxygen atoms in total. The molecular formula is C18H16Cl2N4OS. The van der Waals surface area contributed by atoms with Crippen LogP contribution in [0.2, 0.25) is 10.3 Å². The molecule has 0 radical (unpaired) electrons. The molecule has 0 fully saturated rings. The Kier molecular flexibility index (Phi) is 6.44. The molecule has 3 N–H and O–H groups in total. The van der Waals surface area contributed by atoms with Crippen molar-refractivity contribution in [2.75, 3.05) is 23.4 Å². The van der Waals surface area contributed by atoms with Crippen LogP contribution >= 0.6 is 35.0 Å². The zero-order chi connectivity index (χ0) is 18.4. The first-order valence-corrected chi connectivity index (χ1v) is 9.50. The summed E-state index contributed by atoms with van der Waals surface area (Å²) < 4.78 is 5.70. The number of nitrogens with two attached hydrogens (primary N) is 1. The van der Waals surface area contributed by atoms with Gasteiger partial charge in [0.2, 0.25) is 5.28 Å². The maximum atomic E-state index is 6.08. The number of nitrogen functional groups attached to an aromatic ring is 1. The van der Waals surface area contributed by atoms with Gasteiger partial charge in [-0.1, -0.05) is 23.7 Å². The van der Waals surface area contributed by atoms with Crippen molar-refractivity contribution in [1.82, 2.24) is 9.97 Å². The Morgan fingerprint density at radius 2 is 1.96 bits per heavy atom. The van der Waals surface area contributed by atoms with Crippen molar-refractivity contribution in [3.8, 4) is 5.75 Å². The number of anilines is 3. The Morgan fingerprint density at radius 3 is 2.81 bits per heavy atom.